The molecule has 0 heterocycles. The number of benzene rings is 1. The minimum Gasteiger partial charge on any atom is -0.379 e. The van der Waals surface area contributed by atoms with Crippen LogP contribution < -0.4 is 10.6 Å². The van der Waals surface area contributed by atoms with Gasteiger partial charge < -0.3 is 15.4 Å². The Kier molecular flexibility index (Phi) is 7.79. The van der Waals surface area contributed by atoms with Crippen molar-refractivity contribution in [3.63, 3.8) is 0 Å². The normalized spacial score (nSPS) is 10.5. The van der Waals surface area contributed by atoms with E-state index in [0.29, 0.717) is 24.6 Å². The van der Waals surface area contributed by atoms with E-state index in [9.17, 15) is 9.59 Å². The quantitative estimate of drug-likeness (QED) is 0.597. The molecule has 0 atom stereocenters. The molecule has 0 aliphatic rings. The van der Waals surface area contributed by atoms with E-state index in [4.69, 9.17) is 16.3 Å². The third-order valence-corrected chi connectivity index (χ3v) is 2.84. The Hall–Kier alpha value is -1.59. The van der Waals surface area contributed by atoms with Crippen molar-refractivity contribution in [2.75, 3.05) is 13.2 Å². The van der Waals surface area contributed by atoms with Crippen molar-refractivity contribution in [1.29, 1.82) is 0 Å². The Bertz CT molecular complexity index is 478. The number of amides is 2. The molecule has 6 heteroatoms. The zero-order valence-electron chi connectivity index (χ0n) is 12.3. The van der Waals surface area contributed by atoms with E-state index in [2.05, 4.69) is 10.6 Å². The summed E-state index contributed by atoms with van der Waals surface area (Å²) in [6, 6.07) is 7.10. The van der Waals surface area contributed by atoms with Gasteiger partial charge in [0.15, 0.2) is 0 Å². The zero-order chi connectivity index (χ0) is 15.7. The van der Waals surface area contributed by atoms with Gasteiger partial charge in [-0.15, -0.1) is 0 Å². The monoisotopic (exact) mass is 312 g/mol. The summed E-state index contributed by atoms with van der Waals surface area (Å²) in [5, 5.41) is 5.68. The van der Waals surface area contributed by atoms with Gasteiger partial charge in [0.1, 0.15) is 0 Å². The molecule has 0 fully saturated rings. The van der Waals surface area contributed by atoms with Crippen molar-refractivity contribution in [1.82, 2.24) is 10.6 Å². The van der Waals surface area contributed by atoms with E-state index in [-0.39, 0.29) is 12.6 Å². The van der Waals surface area contributed by atoms with Crippen LogP contribution in [0.5, 0.6) is 0 Å². The molecule has 0 saturated heterocycles. The molecule has 1 aromatic carbocycles. The number of halogens is 1. The highest BCUT2D eigenvalue weighted by Gasteiger charge is 2.12. The summed E-state index contributed by atoms with van der Waals surface area (Å²) in [4.78, 5) is 23.1. The van der Waals surface area contributed by atoms with Gasteiger partial charge in [0, 0.05) is 24.7 Å². The Morgan fingerprint density at radius 3 is 2.62 bits per heavy atom. The summed E-state index contributed by atoms with van der Waals surface area (Å²) in [5.74, 6) is -1.29. The SMILES string of the molecule is CC(C)OCCCNC(=O)C(=O)NCc1cccc(Cl)c1. The number of carbonyl (C=O) groups is 2. The standard InChI is InChI=1S/C15H21ClN2O3/c1-11(2)21-8-4-7-17-14(19)15(20)18-10-12-5-3-6-13(16)9-12/h3,5-6,9,11H,4,7-8,10H2,1-2H3,(H,17,19)(H,18,20). The lowest BCUT2D eigenvalue weighted by Crippen LogP contribution is -2.40. The van der Waals surface area contributed by atoms with Gasteiger partial charge in [-0.25, -0.2) is 0 Å². The topological polar surface area (TPSA) is 67.4 Å². The fourth-order valence-corrected chi connectivity index (χ4v) is 1.80. The van der Waals surface area contributed by atoms with Gasteiger partial charge in [-0.05, 0) is 38.0 Å². The summed E-state index contributed by atoms with van der Waals surface area (Å²) in [6.45, 7) is 5.13. The fraction of sp³-hybridized carbons (Fsp3) is 0.467. The highest BCUT2D eigenvalue weighted by molar-refractivity contribution is 6.35. The van der Waals surface area contributed by atoms with Crippen molar-refractivity contribution in [3.8, 4) is 0 Å². The first-order valence-corrected chi connectivity index (χ1v) is 7.29. The van der Waals surface area contributed by atoms with Crippen LogP contribution in [0.4, 0.5) is 0 Å². The van der Waals surface area contributed by atoms with E-state index < -0.39 is 11.8 Å². The second-order valence-corrected chi connectivity index (χ2v) is 5.28. The lowest BCUT2D eigenvalue weighted by Gasteiger charge is -2.08. The van der Waals surface area contributed by atoms with E-state index in [1.807, 2.05) is 19.9 Å². The maximum atomic E-state index is 11.6. The summed E-state index contributed by atoms with van der Waals surface area (Å²) < 4.78 is 5.34. The van der Waals surface area contributed by atoms with Crippen molar-refractivity contribution in [2.24, 2.45) is 0 Å². The first-order valence-electron chi connectivity index (χ1n) is 6.91. The number of carbonyl (C=O) groups excluding carboxylic acids is 2. The number of rotatable bonds is 7. The predicted octanol–water partition coefficient (Wildman–Crippen LogP) is 1.89. The fourth-order valence-electron chi connectivity index (χ4n) is 1.58. The first-order chi connectivity index (χ1) is 9.99. The minimum atomic E-state index is -0.653. The van der Waals surface area contributed by atoms with Crippen LogP contribution >= 0.6 is 11.6 Å². The average molecular weight is 313 g/mol. The maximum absolute atomic E-state index is 11.6. The van der Waals surface area contributed by atoms with Crippen molar-refractivity contribution < 1.29 is 14.3 Å². The Morgan fingerprint density at radius 2 is 1.95 bits per heavy atom. The molecule has 21 heavy (non-hydrogen) atoms. The summed E-state index contributed by atoms with van der Waals surface area (Å²) >= 11 is 5.84. The van der Waals surface area contributed by atoms with Gasteiger partial charge in [0.25, 0.3) is 0 Å². The van der Waals surface area contributed by atoms with Gasteiger partial charge in [0.2, 0.25) is 0 Å². The second kappa shape index (κ2) is 9.37. The molecule has 5 nitrogen and oxygen atoms in total. The molecule has 0 aromatic heterocycles. The van der Waals surface area contributed by atoms with Crippen molar-refractivity contribution in [3.05, 3.63) is 34.9 Å². The molecule has 0 saturated carbocycles. The molecule has 116 valence electrons. The third kappa shape index (κ3) is 7.68. The predicted molar refractivity (Wildman–Crippen MR) is 82.0 cm³/mol. The van der Waals surface area contributed by atoms with Crippen LogP contribution in [0.15, 0.2) is 24.3 Å². The molecular weight excluding hydrogens is 292 g/mol. The summed E-state index contributed by atoms with van der Waals surface area (Å²) in [7, 11) is 0. The van der Waals surface area contributed by atoms with E-state index in [1.165, 1.54) is 0 Å². The molecule has 0 aliphatic heterocycles. The van der Waals surface area contributed by atoms with Gasteiger partial charge in [-0.2, -0.15) is 0 Å². The molecule has 0 aliphatic carbocycles. The van der Waals surface area contributed by atoms with Crippen LogP contribution in [0, 0.1) is 0 Å². The van der Waals surface area contributed by atoms with Crippen LogP contribution in [0.2, 0.25) is 5.02 Å². The highest BCUT2D eigenvalue weighted by atomic mass is 35.5. The Morgan fingerprint density at radius 1 is 1.24 bits per heavy atom. The van der Waals surface area contributed by atoms with Gasteiger partial charge in [-0.3, -0.25) is 9.59 Å². The molecular formula is C15H21ClN2O3. The summed E-state index contributed by atoms with van der Waals surface area (Å²) in [5.41, 5.74) is 0.842. The first kappa shape index (κ1) is 17.5. The van der Waals surface area contributed by atoms with E-state index >= 15 is 0 Å². The largest absolute Gasteiger partial charge is 0.379 e. The van der Waals surface area contributed by atoms with Gasteiger partial charge >= 0.3 is 11.8 Å². The van der Waals surface area contributed by atoms with Crippen LogP contribution in [0.25, 0.3) is 0 Å². The minimum absolute atomic E-state index is 0.168. The molecule has 0 radical (unpaired) electrons. The molecule has 0 spiro atoms. The maximum Gasteiger partial charge on any atom is 0.309 e. The van der Waals surface area contributed by atoms with Gasteiger partial charge in [-0.1, -0.05) is 23.7 Å². The molecule has 1 aromatic rings. The molecule has 2 amide bonds. The lowest BCUT2D eigenvalue weighted by atomic mass is 10.2. The molecule has 0 unspecified atom stereocenters. The van der Waals surface area contributed by atoms with Crippen molar-refractivity contribution in [2.45, 2.75) is 32.9 Å². The van der Waals surface area contributed by atoms with Crippen LogP contribution in [-0.4, -0.2) is 31.1 Å². The molecule has 2 N–H and O–H groups in total. The smallest absolute Gasteiger partial charge is 0.309 e. The van der Waals surface area contributed by atoms with Crippen LogP contribution in [0.1, 0.15) is 25.8 Å². The van der Waals surface area contributed by atoms with E-state index in [0.717, 1.165) is 5.56 Å². The Balaban J connectivity index is 2.21. The van der Waals surface area contributed by atoms with Crippen molar-refractivity contribution >= 4 is 23.4 Å². The zero-order valence-corrected chi connectivity index (χ0v) is 13.1. The average Bonchev–Trinajstić information content (AvgIpc) is 2.44. The van der Waals surface area contributed by atoms with Crippen LogP contribution in [-0.2, 0) is 20.9 Å². The lowest BCUT2D eigenvalue weighted by molar-refractivity contribution is -0.139. The van der Waals surface area contributed by atoms with Crippen LogP contribution in [0.3, 0.4) is 0 Å². The summed E-state index contributed by atoms with van der Waals surface area (Å²) in [6.07, 6.45) is 0.840. The number of nitrogens with one attached hydrogen (secondary N) is 2. The molecule has 0 bridgehead atoms. The van der Waals surface area contributed by atoms with E-state index in [1.54, 1.807) is 18.2 Å². The number of hydrogen-bond acceptors (Lipinski definition) is 3. The molecule has 1 rings (SSSR count). The van der Waals surface area contributed by atoms with Gasteiger partial charge in [0.05, 0.1) is 6.10 Å². The Labute approximate surface area is 130 Å². The number of ether oxygens (including phenoxy) is 1. The highest BCUT2D eigenvalue weighted by Crippen LogP contribution is 2.10. The second-order valence-electron chi connectivity index (χ2n) is 4.84. The number of hydrogen-bond donors (Lipinski definition) is 2. The third-order valence-electron chi connectivity index (χ3n) is 2.61.